The van der Waals surface area contributed by atoms with E-state index >= 15 is 0 Å². The predicted octanol–water partition coefficient (Wildman–Crippen LogP) is -2.53. The van der Waals surface area contributed by atoms with Crippen molar-refractivity contribution in [2.45, 2.75) is 26.3 Å². The summed E-state index contributed by atoms with van der Waals surface area (Å²) < 4.78 is 0.222. The lowest BCUT2D eigenvalue weighted by atomic mass is 10.4. The number of aliphatic hydroxyl groups is 3. The van der Waals surface area contributed by atoms with Crippen molar-refractivity contribution in [1.29, 1.82) is 0 Å². The molecule has 0 aliphatic carbocycles. The number of carbonyl (C=O) groups excluding carboxylic acids is 1. The zero-order valence-corrected chi connectivity index (χ0v) is 8.97. The molecule has 0 aliphatic rings. The minimum atomic E-state index is -1.44. The van der Waals surface area contributed by atoms with E-state index < -0.39 is 25.0 Å². The molecule has 0 saturated heterocycles. The van der Waals surface area contributed by atoms with Gasteiger partial charge in [0.25, 0.3) is 0 Å². The highest BCUT2D eigenvalue weighted by Gasteiger charge is 2.26. The first-order chi connectivity index (χ1) is 6.16. The molecule has 0 fully saturated rings. The molecule has 0 aromatic heterocycles. The van der Waals surface area contributed by atoms with Crippen LogP contribution in [0.3, 0.4) is 0 Å². The van der Waals surface area contributed by atoms with Gasteiger partial charge in [0.05, 0.1) is 26.7 Å². The zero-order chi connectivity index (χ0) is 11.9. The normalized spacial score (nSPS) is 15.1. The molecule has 14 heavy (non-hydrogen) atoms. The van der Waals surface area contributed by atoms with Gasteiger partial charge in [-0.2, -0.15) is 0 Å². The molecule has 6 nitrogen and oxygen atoms in total. The van der Waals surface area contributed by atoms with Crippen molar-refractivity contribution in [3.8, 4) is 0 Å². The van der Waals surface area contributed by atoms with Crippen LogP contribution in [0.25, 0.3) is 0 Å². The minimum absolute atomic E-state index is 0.222. The molecule has 0 heterocycles. The highest BCUT2D eigenvalue weighted by atomic mass is 16.4. The summed E-state index contributed by atoms with van der Waals surface area (Å²) in [7, 11) is 3.55. The van der Waals surface area contributed by atoms with Crippen molar-refractivity contribution in [2.24, 2.45) is 0 Å². The second-order valence-electron chi connectivity index (χ2n) is 3.42. The molecule has 0 aromatic rings. The van der Waals surface area contributed by atoms with Crippen LogP contribution in [0.15, 0.2) is 0 Å². The van der Waals surface area contributed by atoms with E-state index in [4.69, 9.17) is 25.2 Å². The molecule has 2 unspecified atom stereocenters. The Morgan fingerprint density at radius 1 is 1.29 bits per heavy atom. The molecule has 6 heteroatoms. The van der Waals surface area contributed by atoms with Crippen LogP contribution in [0.5, 0.6) is 0 Å². The van der Waals surface area contributed by atoms with Crippen LogP contribution >= 0.6 is 0 Å². The number of aliphatic hydroxyl groups excluding tert-OH is 3. The third kappa shape index (κ3) is 6.79. The van der Waals surface area contributed by atoms with E-state index in [9.17, 15) is 0 Å². The largest absolute Gasteiger partial charge is 0.548 e. The molecular formula is C8H19NO5. The first-order valence-corrected chi connectivity index (χ1v) is 4.16. The van der Waals surface area contributed by atoms with Crippen LogP contribution < -0.4 is 5.11 Å². The molecule has 2 atom stereocenters. The molecule has 0 amide bonds. The fourth-order valence-electron chi connectivity index (χ4n) is 0.312. The molecule has 0 radical (unpaired) electrons. The lowest BCUT2D eigenvalue weighted by Gasteiger charge is -2.35. The monoisotopic (exact) mass is 209 g/mol. The predicted molar refractivity (Wildman–Crippen MR) is 47.6 cm³/mol. The maximum absolute atomic E-state index is 9.06. The number of quaternary nitrogens is 1. The number of nitrogens with zero attached hydrogens (tertiary/aromatic N) is 1. The summed E-state index contributed by atoms with van der Waals surface area (Å²) in [6.07, 6.45) is -1.05. The Labute approximate surface area is 83.6 Å². The lowest BCUT2D eigenvalue weighted by molar-refractivity contribution is -0.974. The maximum Gasteiger partial charge on any atom is 0.189 e. The second kappa shape index (κ2) is 6.72. The van der Waals surface area contributed by atoms with Crippen molar-refractivity contribution in [3.05, 3.63) is 0 Å². The zero-order valence-electron chi connectivity index (χ0n) is 8.97. The van der Waals surface area contributed by atoms with E-state index in [0.717, 1.165) is 0 Å². The third-order valence-electron chi connectivity index (χ3n) is 2.06. The van der Waals surface area contributed by atoms with Crippen molar-refractivity contribution in [2.75, 3.05) is 20.7 Å². The van der Waals surface area contributed by atoms with Crippen molar-refractivity contribution < 1.29 is 29.7 Å². The summed E-state index contributed by atoms with van der Waals surface area (Å²) in [6.45, 7) is 2.43. The summed E-state index contributed by atoms with van der Waals surface area (Å²) in [5.41, 5.74) is 0. The Kier molecular flexibility index (Phi) is 7.57. The first-order valence-electron chi connectivity index (χ1n) is 4.16. The van der Waals surface area contributed by atoms with E-state index in [1.165, 1.54) is 0 Å². The number of aliphatic carboxylic acids is 1. The van der Waals surface area contributed by atoms with E-state index in [1.54, 1.807) is 27.9 Å². The summed E-state index contributed by atoms with van der Waals surface area (Å²) in [6, 6.07) is 0. The highest BCUT2D eigenvalue weighted by Crippen LogP contribution is 2.07. The first kappa shape index (κ1) is 15.8. The van der Waals surface area contributed by atoms with E-state index in [-0.39, 0.29) is 4.48 Å². The summed E-state index contributed by atoms with van der Waals surface area (Å²) in [5, 5.41) is 34.6. The topological polar surface area (TPSA) is 101 Å². The van der Waals surface area contributed by atoms with Gasteiger partial charge in [-0.1, -0.05) is 0 Å². The van der Waals surface area contributed by atoms with Crippen molar-refractivity contribution in [1.82, 2.24) is 0 Å². The van der Waals surface area contributed by atoms with Crippen LogP contribution in [0.2, 0.25) is 0 Å². The van der Waals surface area contributed by atoms with Gasteiger partial charge in [-0.15, -0.1) is 0 Å². The molecule has 0 saturated carbocycles. The summed E-state index contributed by atoms with van der Waals surface area (Å²) in [5.74, 6) is -1.44. The fourth-order valence-corrected chi connectivity index (χ4v) is 0.312. The van der Waals surface area contributed by atoms with Gasteiger partial charge in [0.1, 0.15) is 0 Å². The third-order valence-corrected chi connectivity index (χ3v) is 2.06. The summed E-state index contributed by atoms with van der Waals surface area (Å²) in [4.78, 5) is 9.01. The molecule has 0 spiro atoms. The van der Waals surface area contributed by atoms with Gasteiger partial charge in [0, 0.05) is 13.8 Å². The van der Waals surface area contributed by atoms with E-state index in [1.807, 2.05) is 0 Å². The van der Waals surface area contributed by atoms with E-state index in [2.05, 4.69) is 0 Å². The average molecular weight is 209 g/mol. The standard InChI is InChI=1S/C6H16NO2.C2H4O3/c1-5(8)7(3,4)6(2)9;3-1-2(4)5/h5-6,8-9H,1-4H3;3H,1H2,(H,4,5)/q+1;/p-1. The van der Waals surface area contributed by atoms with Gasteiger partial charge in [-0.25, -0.2) is 0 Å². The number of carboxylic acids is 1. The number of carboxylic acid groups (broad SMARTS) is 1. The smallest absolute Gasteiger partial charge is 0.189 e. The molecular weight excluding hydrogens is 190 g/mol. The molecule has 86 valence electrons. The number of rotatable bonds is 3. The Bertz CT molecular complexity index is 157. The quantitative estimate of drug-likeness (QED) is 0.351. The number of carbonyl (C=O) groups is 1. The number of hydrogen-bond donors (Lipinski definition) is 3. The van der Waals surface area contributed by atoms with Crippen LogP contribution in [0.1, 0.15) is 13.8 Å². The molecule has 0 bridgehead atoms. The van der Waals surface area contributed by atoms with Crippen LogP contribution in [0.4, 0.5) is 0 Å². The lowest BCUT2D eigenvalue weighted by Crippen LogP contribution is -2.53. The Morgan fingerprint density at radius 3 is 1.50 bits per heavy atom. The second-order valence-corrected chi connectivity index (χ2v) is 3.42. The number of hydrogen-bond acceptors (Lipinski definition) is 5. The highest BCUT2D eigenvalue weighted by molar-refractivity contribution is 5.65. The Morgan fingerprint density at radius 2 is 1.50 bits per heavy atom. The maximum atomic E-state index is 9.06. The van der Waals surface area contributed by atoms with Crippen LogP contribution in [-0.2, 0) is 4.79 Å². The average Bonchev–Trinajstić information content (AvgIpc) is 2.04. The summed E-state index contributed by atoms with van der Waals surface area (Å²) >= 11 is 0. The van der Waals surface area contributed by atoms with Gasteiger partial charge in [-0.05, 0) is 0 Å². The van der Waals surface area contributed by atoms with Gasteiger partial charge in [0.2, 0.25) is 0 Å². The molecule has 0 rings (SSSR count). The molecule has 3 N–H and O–H groups in total. The van der Waals surface area contributed by atoms with Gasteiger partial charge in [0.15, 0.2) is 12.5 Å². The van der Waals surface area contributed by atoms with E-state index in [0.29, 0.717) is 0 Å². The molecule has 0 aliphatic heterocycles. The van der Waals surface area contributed by atoms with Crippen LogP contribution in [0, 0.1) is 0 Å². The van der Waals surface area contributed by atoms with Crippen LogP contribution in [-0.4, -0.2) is 58.9 Å². The fraction of sp³-hybridized carbons (Fsp3) is 0.875. The van der Waals surface area contributed by atoms with Crippen molar-refractivity contribution in [3.63, 3.8) is 0 Å². The minimum Gasteiger partial charge on any atom is -0.548 e. The Balaban J connectivity index is 0. The SMILES string of the molecule is CC(O)[N+](C)(C)C(C)O.O=C([O-])CO. The van der Waals surface area contributed by atoms with Crippen molar-refractivity contribution >= 4 is 5.97 Å². The van der Waals surface area contributed by atoms with Gasteiger partial charge >= 0.3 is 0 Å². The molecule has 0 aromatic carbocycles. The van der Waals surface area contributed by atoms with Gasteiger partial charge in [-0.3, -0.25) is 4.48 Å². The van der Waals surface area contributed by atoms with Gasteiger partial charge < -0.3 is 25.2 Å². The Hall–Kier alpha value is -0.690.